The molecule has 8 heteroatoms. The molecule has 1 spiro atoms. The minimum atomic E-state index is -0.865. The second kappa shape index (κ2) is 11.0. The Kier molecular flexibility index (Phi) is 8.09. The van der Waals surface area contributed by atoms with Gasteiger partial charge in [-0.05, 0) is 61.3 Å². The number of amides is 1. The third-order valence-corrected chi connectivity index (χ3v) is 7.31. The topological polar surface area (TPSA) is 95.5 Å². The molecular formula is C29H41FN4O3. The number of aromatic nitrogens is 1. The Morgan fingerprint density at radius 2 is 2.05 bits per heavy atom. The van der Waals surface area contributed by atoms with Crippen LogP contribution in [0.5, 0.6) is 5.75 Å². The number of fused-ring (bicyclic) bond motifs is 1. The molecule has 4 rings (SSSR count). The number of hydrogen-bond donors (Lipinski definition) is 4. The van der Waals surface area contributed by atoms with Gasteiger partial charge in [0.25, 0.3) is 0 Å². The van der Waals surface area contributed by atoms with Gasteiger partial charge in [-0.2, -0.15) is 0 Å². The van der Waals surface area contributed by atoms with Gasteiger partial charge in [0.05, 0.1) is 12.1 Å². The van der Waals surface area contributed by atoms with Crippen LogP contribution in [0.4, 0.5) is 10.2 Å². The summed E-state index contributed by atoms with van der Waals surface area (Å²) >= 11 is 0. The summed E-state index contributed by atoms with van der Waals surface area (Å²) in [5.74, 6) is 0.965. The van der Waals surface area contributed by atoms with Crippen LogP contribution < -0.4 is 20.7 Å². The zero-order valence-corrected chi connectivity index (χ0v) is 22.7. The minimum Gasteiger partial charge on any atom is -0.483 e. The van der Waals surface area contributed by atoms with E-state index in [2.05, 4.69) is 42.8 Å². The van der Waals surface area contributed by atoms with Crippen LogP contribution in [0.15, 0.2) is 30.3 Å². The fourth-order valence-electron chi connectivity index (χ4n) is 5.44. The van der Waals surface area contributed by atoms with Gasteiger partial charge in [-0.3, -0.25) is 4.79 Å². The van der Waals surface area contributed by atoms with E-state index in [-0.39, 0.29) is 35.3 Å². The Morgan fingerprint density at radius 1 is 1.30 bits per heavy atom. The molecule has 2 aliphatic rings. The quantitative estimate of drug-likeness (QED) is 0.400. The van der Waals surface area contributed by atoms with Crippen molar-refractivity contribution >= 4 is 11.7 Å². The molecule has 4 N–H and O–H groups in total. The van der Waals surface area contributed by atoms with Crippen molar-refractivity contribution in [3.63, 3.8) is 0 Å². The first-order valence-electron chi connectivity index (χ1n) is 13.3. The van der Waals surface area contributed by atoms with Crippen LogP contribution in [0.1, 0.15) is 76.2 Å². The lowest BCUT2D eigenvalue weighted by molar-refractivity contribution is -0.120. The summed E-state index contributed by atoms with van der Waals surface area (Å²) in [5.41, 5.74) is 2.63. The maximum atomic E-state index is 13.7. The average molecular weight is 513 g/mol. The van der Waals surface area contributed by atoms with Gasteiger partial charge in [0, 0.05) is 44.2 Å². The zero-order chi connectivity index (χ0) is 26.8. The van der Waals surface area contributed by atoms with Crippen molar-refractivity contribution in [3.8, 4) is 5.75 Å². The molecule has 0 saturated heterocycles. The molecule has 0 bridgehead atoms. The summed E-state index contributed by atoms with van der Waals surface area (Å²) in [4.78, 5) is 16.8. The molecule has 2 heterocycles. The molecule has 0 radical (unpaired) electrons. The predicted octanol–water partition coefficient (Wildman–Crippen LogP) is 4.30. The average Bonchev–Trinajstić information content (AvgIpc) is 2.79. The first-order chi connectivity index (χ1) is 17.5. The molecule has 202 valence electrons. The molecule has 1 aliphatic carbocycles. The van der Waals surface area contributed by atoms with Gasteiger partial charge in [-0.1, -0.05) is 32.9 Å². The van der Waals surface area contributed by atoms with Gasteiger partial charge in [0.1, 0.15) is 11.4 Å². The van der Waals surface area contributed by atoms with E-state index in [0.29, 0.717) is 6.42 Å². The summed E-state index contributed by atoms with van der Waals surface area (Å²) in [6.45, 7) is 8.28. The highest BCUT2D eigenvalue weighted by Crippen LogP contribution is 2.51. The highest BCUT2D eigenvalue weighted by Gasteiger charge is 2.46. The maximum Gasteiger partial charge on any atom is 0.217 e. The number of carbonyl (C=O) groups is 1. The first-order valence-corrected chi connectivity index (χ1v) is 13.3. The fraction of sp³-hybridized carbons (Fsp3) is 0.586. The number of aliphatic hydroxyl groups excluding tert-OH is 1. The first kappa shape index (κ1) is 27.3. The van der Waals surface area contributed by atoms with E-state index in [1.807, 2.05) is 7.05 Å². The number of halogens is 1. The Bertz CT molecular complexity index is 1110. The number of ether oxygens (including phenoxy) is 1. The van der Waals surface area contributed by atoms with Crippen molar-refractivity contribution in [2.45, 2.75) is 90.0 Å². The lowest BCUT2D eigenvalue weighted by atomic mass is 9.72. The van der Waals surface area contributed by atoms with Crippen LogP contribution in [0.2, 0.25) is 0 Å². The number of nitrogens with one attached hydrogen (secondary N) is 3. The van der Waals surface area contributed by atoms with E-state index in [0.717, 1.165) is 60.5 Å². The molecule has 1 aromatic carbocycles. The number of aliphatic hydroxyl groups is 1. The molecule has 7 nitrogen and oxygen atoms in total. The predicted molar refractivity (Wildman–Crippen MR) is 143 cm³/mol. The Hall–Kier alpha value is -2.71. The minimum absolute atomic E-state index is 0.0281. The number of nitrogens with zero attached hydrogens (tertiary/aromatic N) is 1. The Balaban J connectivity index is 1.56. The van der Waals surface area contributed by atoms with Crippen LogP contribution in [0.3, 0.4) is 0 Å². The molecule has 1 fully saturated rings. The summed E-state index contributed by atoms with van der Waals surface area (Å²) in [6.07, 6.45) is 4.22. The highest BCUT2D eigenvalue weighted by molar-refractivity contribution is 5.73. The van der Waals surface area contributed by atoms with Crippen molar-refractivity contribution in [2.24, 2.45) is 5.41 Å². The van der Waals surface area contributed by atoms with E-state index in [4.69, 9.17) is 9.72 Å². The monoisotopic (exact) mass is 512 g/mol. The molecule has 1 saturated carbocycles. The third-order valence-electron chi connectivity index (χ3n) is 7.31. The van der Waals surface area contributed by atoms with Crippen molar-refractivity contribution in [1.82, 2.24) is 15.6 Å². The molecule has 1 amide bonds. The summed E-state index contributed by atoms with van der Waals surface area (Å²) in [7, 11) is 1.87. The number of carbonyl (C=O) groups excluding carboxylic acids is 1. The van der Waals surface area contributed by atoms with Gasteiger partial charge in [-0.25, -0.2) is 9.37 Å². The van der Waals surface area contributed by atoms with E-state index in [1.54, 1.807) is 12.1 Å². The Labute approximate surface area is 219 Å². The molecule has 37 heavy (non-hydrogen) atoms. The van der Waals surface area contributed by atoms with E-state index in [9.17, 15) is 14.3 Å². The fourth-order valence-corrected chi connectivity index (χ4v) is 5.44. The molecule has 0 unspecified atom stereocenters. The highest BCUT2D eigenvalue weighted by atomic mass is 19.1. The van der Waals surface area contributed by atoms with Crippen LogP contribution in [0, 0.1) is 11.2 Å². The number of anilines is 1. The van der Waals surface area contributed by atoms with Crippen LogP contribution in [0.25, 0.3) is 0 Å². The van der Waals surface area contributed by atoms with Gasteiger partial charge in [-0.15, -0.1) is 0 Å². The van der Waals surface area contributed by atoms with Gasteiger partial charge < -0.3 is 25.8 Å². The second-order valence-electron chi connectivity index (χ2n) is 11.9. The van der Waals surface area contributed by atoms with Gasteiger partial charge >= 0.3 is 0 Å². The number of hydrogen-bond acceptors (Lipinski definition) is 6. The van der Waals surface area contributed by atoms with Gasteiger partial charge in [0.2, 0.25) is 5.91 Å². The number of rotatable bonds is 9. The number of pyridine rings is 1. The van der Waals surface area contributed by atoms with Crippen molar-refractivity contribution in [1.29, 1.82) is 0 Å². The third kappa shape index (κ3) is 6.79. The molecule has 3 atom stereocenters. The smallest absolute Gasteiger partial charge is 0.217 e. The lowest BCUT2D eigenvalue weighted by Crippen LogP contribution is -2.52. The van der Waals surface area contributed by atoms with Crippen molar-refractivity contribution < 1.29 is 19.0 Å². The van der Waals surface area contributed by atoms with Crippen molar-refractivity contribution in [3.05, 3.63) is 53.0 Å². The van der Waals surface area contributed by atoms with Gasteiger partial charge in [0.15, 0.2) is 11.6 Å². The Morgan fingerprint density at radius 3 is 2.65 bits per heavy atom. The van der Waals surface area contributed by atoms with E-state index < -0.39 is 12.1 Å². The van der Waals surface area contributed by atoms with E-state index in [1.165, 1.54) is 19.1 Å². The standard InChI is InChI=1S/C29H41FN4O3/c1-18(35)33-23(13-19-8-6-9-20(30)12-19)25(36)17-32-24-16-29(10-7-11-29)37-26-22(24)14-21(15-28(2,3)4)34-27(26)31-5/h6,8-9,12,14,23-25,32,36H,7,10-11,13,15-17H2,1-5H3,(H,31,34)(H,33,35)/t23-,24-,25-/m0/s1. The molecular weight excluding hydrogens is 471 g/mol. The van der Waals surface area contributed by atoms with Crippen LogP contribution >= 0.6 is 0 Å². The zero-order valence-electron chi connectivity index (χ0n) is 22.7. The summed E-state index contributed by atoms with van der Waals surface area (Å²) in [6, 6.07) is 7.82. The summed E-state index contributed by atoms with van der Waals surface area (Å²) in [5, 5.41) is 20.8. The van der Waals surface area contributed by atoms with Crippen LogP contribution in [-0.2, 0) is 17.6 Å². The summed E-state index contributed by atoms with van der Waals surface area (Å²) < 4.78 is 20.3. The van der Waals surface area contributed by atoms with E-state index >= 15 is 0 Å². The lowest BCUT2D eigenvalue weighted by Gasteiger charge is -2.48. The van der Waals surface area contributed by atoms with Crippen LogP contribution in [-0.4, -0.2) is 47.3 Å². The molecule has 1 aliphatic heterocycles. The van der Waals surface area contributed by atoms with Crippen molar-refractivity contribution in [2.75, 3.05) is 18.9 Å². The molecule has 1 aromatic heterocycles. The largest absolute Gasteiger partial charge is 0.483 e. The second-order valence-corrected chi connectivity index (χ2v) is 11.9. The molecule has 2 aromatic rings. The normalized spacial score (nSPS) is 19.8. The number of benzene rings is 1. The maximum absolute atomic E-state index is 13.7. The SMILES string of the molecule is CNc1nc(CC(C)(C)C)cc2c1OC1(CCC1)C[C@@H]2NC[C@H](O)[C@H](Cc1cccc(F)c1)NC(C)=O.